The number of amides is 1. The zero-order valence-electron chi connectivity index (χ0n) is 10.2. The lowest BCUT2D eigenvalue weighted by Gasteiger charge is -2.08. The number of rotatable bonds is 3. The number of nitrogens with one attached hydrogen (secondary N) is 1. The predicted octanol–water partition coefficient (Wildman–Crippen LogP) is 3.31. The minimum atomic E-state index is -0.356. The molecule has 2 aromatic rings. The molecule has 2 aromatic carbocycles. The second-order valence-corrected chi connectivity index (χ2v) is 4.23. The first-order chi connectivity index (χ1) is 9.11. The number of benzene rings is 2. The number of hydrogen-bond acceptors (Lipinski definition) is 3. The fraction of sp³-hybridized carbons (Fsp3) is 0.0714. The van der Waals surface area contributed by atoms with E-state index in [2.05, 4.69) is 5.32 Å². The molecule has 4 nitrogen and oxygen atoms in total. The zero-order valence-corrected chi connectivity index (χ0v) is 10.9. The summed E-state index contributed by atoms with van der Waals surface area (Å²) in [6.07, 6.45) is 0. The molecule has 0 spiro atoms. The number of ether oxygens (including phenoxy) is 1. The maximum atomic E-state index is 12.0. The summed E-state index contributed by atoms with van der Waals surface area (Å²) in [6.45, 7) is 0. The standard InChI is InChI=1S/C14H12ClNO3/c1-19-13-7-6-9(8-12(13)17)14(18)16-11-5-3-2-4-10(11)15/h2-8,17H,1H3,(H,16,18). The molecule has 0 aromatic heterocycles. The summed E-state index contributed by atoms with van der Waals surface area (Å²) >= 11 is 5.95. The number of carbonyl (C=O) groups excluding carboxylic acids is 1. The van der Waals surface area contributed by atoms with Gasteiger partial charge >= 0.3 is 0 Å². The Kier molecular flexibility index (Phi) is 3.92. The van der Waals surface area contributed by atoms with Crippen LogP contribution in [-0.2, 0) is 0 Å². The molecule has 0 fully saturated rings. The molecule has 0 saturated carbocycles. The SMILES string of the molecule is COc1ccc(C(=O)Nc2ccccc2Cl)cc1O. The Bertz CT molecular complexity index is 613. The number of para-hydroxylation sites is 1. The van der Waals surface area contributed by atoms with Crippen molar-refractivity contribution in [1.82, 2.24) is 0 Å². The topological polar surface area (TPSA) is 58.6 Å². The second kappa shape index (κ2) is 5.63. The Morgan fingerprint density at radius 3 is 2.63 bits per heavy atom. The maximum absolute atomic E-state index is 12.0. The van der Waals surface area contributed by atoms with E-state index in [1.807, 2.05) is 0 Å². The number of phenolic OH excluding ortho intramolecular Hbond substituents is 1. The molecule has 1 amide bonds. The molecule has 2 rings (SSSR count). The molecule has 0 aliphatic rings. The quantitative estimate of drug-likeness (QED) is 0.905. The van der Waals surface area contributed by atoms with E-state index in [1.54, 1.807) is 30.3 Å². The third-order valence-electron chi connectivity index (χ3n) is 2.56. The highest BCUT2D eigenvalue weighted by Gasteiger charge is 2.11. The van der Waals surface area contributed by atoms with Gasteiger partial charge in [-0.15, -0.1) is 0 Å². The first-order valence-electron chi connectivity index (χ1n) is 5.54. The van der Waals surface area contributed by atoms with Crippen molar-refractivity contribution in [2.45, 2.75) is 0 Å². The first-order valence-corrected chi connectivity index (χ1v) is 5.92. The van der Waals surface area contributed by atoms with Crippen molar-refractivity contribution in [1.29, 1.82) is 0 Å². The molecular weight excluding hydrogens is 266 g/mol. The minimum Gasteiger partial charge on any atom is -0.504 e. The van der Waals surface area contributed by atoms with Crippen molar-refractivity contribution < 1.29 is 14.6 Å². The van der Waals surface area contributed by atoms with Crippen molar-refractivity contribution in [2.75, 3.05) is 12.4 Å². The largest absolute Gasteiger partial charge is 0.504 e. The van der Waals surface area contributed by atoms with E-state index in [9.17, 15) is 9.90 Å². The molecule has 5 heteroatoms. The van der Waals surface area contributed by atoms with Gasteiger partial charge in [-0.05, 0) is 30.3 Å². The van der Waals surface area contributed by atoms with Crippen LogP contribution < -0.4 is 10.1 Å². The number of phenols is 1. The van der Waals surface area contributed by atoms with Crippen LogP contribution in [0.2, 0.25) is 5.02 Å². The number of carbonyl (C=O) groups is 1. The highest BCUT2D eigenvalue weighted by atomic mass is 35.5. The van der Waals surface area contributed by atoms with Gasteiger partial charge < -0.3 is 15.2 Å². The van der Waals surface area contributed by atoms with Gasteiger partial charge in [0.15, 0.2) is 11.5 Å². The van der Waals surface area contributed by atoms with Gasteiger partial charge in [0.25, 0.3) is 5.91 Å². The summed E-state index contributed by atoms with van der Waals surface area (Å²) in [5, 5.41) is 12.8. The Balaban J connectivity index is 2.21. The van der Waals surface area contributed by atoms with E-state index in [0.29, 0.717) is 22.0 Å². The minimum absolute atomic E-state index is 0.0886. The van der Waals surface area contributed by atoms with Crippen LogP contribution in [-0.4, -0.2) is 18.1 Å². The summed E-state index contributed by atoms with van der Waals surface area (Å²) in [7, 11) is 1.44. The number of aromatic hydroxyl groups is 1. The Morgan fingerprint density at radius 2 is 2.00 bits per heavy atom. The van der Waals surface area contributed by atoms with Gasteiger partial charge in [-0.2, -0.15) is 0 Å². The Morgan fingerprint density at radius 1 is 1.26 bits per heavy atom. The molecule has 0 saturated heterocycles. The van der Waals surface area contributed by atoms with Crippen molar-refractivity contribution in [3.8, 4) is 11.5 Å². The summed E-state index contributed by atoms with van der Waals surface area (Å²) in [5.41, 5.74) is 0.836. The molecule has 2 N–H and O–H groups in total. The van der Waals surface area contributed by atoms with Crippen molar-refractivity contribution in [3.05, 3.63) is 53.1 Å². The van der Waals surface area contributed by atoms with Crippen LogP contribution in [0.25, 0.3) is 0 Å². The second-order valence-electron chi connectivity index (χ2n) is 3.82. The van der Waals surface area contributed by atoms with Gasteiger partial charge in [-0.3, -0.25) is 4.79 Å². The van der Waals surface area contributed by atoms with Crippen molar-refractivity contribution >= 4 is 23.2 Å². The molecule has 0 aliphatic carbocycles. The summed E-state index contributed by atoms with van der Waals surface area (Å²) in [5.74, 6) is -0.130. The van der Waals surface area contributed by atoms with Crippen LogP contribution in [0, 0.1) is 0 Å². The van der Waals surface area contributed by atoms with Gasteiger partial charge in [-0.1, -0.05) is 23.7 Å². The van der Waals surface area contributed by atoms with Crippen molar-refractivity contribution in [2.24, 2.45) is 0 Å². The summed E-state index contributed by atoms with van der Waals surface area (Å²) < 4.78 is 4.91. The van der Waals surface area contributed by atoms with Crippen molar-refractivity contribution in [3.63, 3.8) is 0 Å². The third kappa shape index (κ3) is 2.98. The maximum Gasteiger partial charge on any atom is 0.255 e. The predicted molar refractivity (Wildman–Crippen MR) is 74.1 cm³/mol. The molecule has 0 atom stereocenters. The van der Waals surface area contributed by atoms with E-state index < -0.39 is 0 Å². The molecule has 0 bridgehead atoms. The van der Waals surface area contributed by atoms with Crippen LogP contribution in [0.4, 0.5) is 5.69 Å². The fourth-order valence-corrected chi connectivity index (χ4v) is 1.77. The van der Waals surface area contributed by atoms with Crippen LogP contribution in [0.5, 0.6) is 11.5 Å². The Labute approximate surface area is 115 Å². The normalized spacial score (nSPS) is 10.0. The number of halogens is 1. The van der Waals surface area contributed by atoms with Crippen LogP contribution in [0.3, 0.4) is 0 Å². The monoisotopic (exact) mass is 277 g/mol. The van der Waals surface area contributed by atoms with Crippen LogP contribution >= 0.6 is 11.6 Å². The molecule has 0 radical (unpaired) electrons. The number of methoxy groups -OCH3 is 1. The number of hydrogen-bond donors (Lipinski definition) is 2. The van der Waals surface area contributed by atoms with Gasteiger partial charge in [0.05, 0.1) is 17.8 Å². The van der Waals surface area contributed by atoms with Gasteiger partial charge in [0.1, 0.15) is 0 Å². The molecule has 0 unspecified atom stereocenters. The van der Waals surface area contributed by atoms with E-state index >= 15 is 0 Å². The molecular formula is C14H12ClNO3. The lowest BCUT2D eigenvalue weighted by molar-refractivity contribution is 0.102. The molecule has 0 aliphatic heterocycles. The average Bonchev–Trinajstić information content (AvgIpc) is 2.41. The summed E-state index contributed by atoms with van der Waals surface area (Å²) in [6, 6.07) is 11.4. The van der Waals surface area contributed by atoms with Gasteiger partial charge in [0, 0.05) is 5.56 Å². The average molecular weight is 278 g/mol. The fourth-order valence-electron chi connectivity index (χ4n) is 1.59. The summed E-state index contributed by atoms with van der Waals surface area (Å²) in [4.78, 5) is 12.0. The van der Waals surface area contributed by atoms with Crippen LogP contribution in [0.1, 0.15) is 10.4 Å². The molecule has 98 valence electrons. The highest BCUT2D eigenvalue weighted by molar-refractivity contribution is 6.33. The Hall–Kier alpha value is -2.20. The first kappa shape index (κ1) is 13.2. The van der Waals surface area contributed by atoms with E-state index in [4.69, 9.17) is 16.3 Å². The van der Waals surface area contributed by atoms with E-state index in [0.717, 1.165) is 0 Å². The highest BCUT2D eigenvalue weighted by Crippen LogP contribution is 2.27. The molecule has 19 heavy (non-hydrogen) atoms. The van der Waals surface area contributed by atoms with Crippen LogP contribution in [0.15, 0.2) is 42.5 Å². The number of anilines is 1. The smallest absolute Gasteiger partial charge is 0.255 e. The van der Waals surface area contributed by atoms with E-state index in [-0.39, 0.29) is 11.7 Å². The van der Waals surface area contributed by atoms with Gasteiger partial charge in [-0.25, -0.2) is 0 Å². The zero-order chi connectivity index (χ0) is 13.8. The lowest BCUT2D eigenvalue weighted by atomic mass is 10.2. The third-order valence-corrected chi connectivity index (χ3v) is 2.89. The van der Waals surface area contributed by atoms with Gasteiger partial charge in [0.2, 0.25) is 0 Å². The van der Waals surface area contributed by atoms with E-state index in [1.165, 1.54) is 19.2 Å². The lowest BCUT2D eigenvalue weighted by Crippen LogP contribution is -2.12. The molecule has 0 heterocycles.